The van der Waals surface area contributed by atoms with Crippen LogP contribution in [-0.2, 0) is 4.74 Å². The average molecular weight is 270 g/mol. The number of hydrogen-bond acceptors (Lipinski definition) is 3. The molecule has 0 aliphatic carbocycles. The summed E-state index contributed by atoms with van der Waals surface area (Å²) in [6.45, 7) is 4.53. The summed E-state index contributed by atoms with van der Waals surface area (Å²) in [4.78, 5) is 2.39. The monoisotopic (exact) mass is 269 g/mol. The van der Waals surface area contributed by atoms with Gasteiger partial charge in [0.2, 0.25) is 0 Å². The van der Waals surface area contributed by atoms with Gasteiger partial charge < -0.3 is 9.47 Å². The third kappa shape index (κ3) is 4.48. The summed E-state index contributed by atoms with van der Waals surface area (Å²) in [5, 5.41) is 0. The van der Waals surface area contributed by atoms with E-state index in [0.717, 1.165) is 45.0 Å². The van der Waals surface area contributed by atoms with E-state index in [1.54, 1.807) is 0 Å². The molecule has 1 aliphatic heterocycles. The van der Waals surface area contributed by atoms with Crippen LogP contribution in [0.15, 0.2) is 30.3 Å². The Morgan fingerprint density at radius 1 is 1.33 bits per heavy atom. The zero-order valence-electron chi connectivity index (χ0n) is 10.6. The third-order valence-electron chi connectivity index (χ3n) is 3.03. The fourth-order valence-electron chi connectivity index (χ4n) is 2.07. The number of halogens is 1. The van der Waals surface area contributed by atoms with E-state index in [-0.39, 0.29) is 6.10 Å². The molecule has 2 rings (SSSR count). The molecule has 18 heavy (non-hydrogen) atoms. The summed E-state index contributed by atoms with van der Waals surface area (Å²) in [6.07, 6.45) is 1.22. The van der Waals surface area contributed by atoms with Crippen molar-refractivity contribution < 1.29 is 9.47 Å². The molecule has 0 aromatic heterocycles. The van der Waals surface area contributed by atoms with Gasteiger partial charge in [-0.2, -0.15) is 0 Å². The van der Waals surface area contributed by atoms with Crippen molar-refractivity contribution >= 4 is 11.6 Å². The van der Waals surface area contributed by atoms with Gasteiger partial charge in [0.05, 0.1) is 19.3 Å². The Hall–Kier alpha value is -0.770. The van der Waals surface area contributed by atoms with E-state index in [4.69, 9.17) is 21.1 Å². The molecule has 0 bridgehead atoms. The molecule has 1 heterocycles. The van der Waals surface area contributed by atoms with E-state index in [2.05, 4.69) is 4.90 Å². The standard InChI is InChI=1S/C14H20ClNO2/c15-11-14-12-16(8-10-18-14)7-4-9-17-13-5-2-1-3-6-13/h1-3,5-6,14H,4,7-12H2. The Morgan fingerprint density at radius 2 is 2.17 bits per heavy atom. The zero-order valence-corrected chi connectivity index (χ0v) is 11.3. The first-order valence-corrected chi connectivity index (χ1v) is 6.99. The van der Waals surface area contributed by atoms with Gasteiger partial charge in [-0.1, -0.05) is 18.2 Å². The van der Waals surface area contributed by atoms with Gasteiger partial charge in [0, 0.05) is 25.5 Å². The average Bonchev–Trinajstić information content (AvgIpc) is 2.45. The van der Waals surface area contributed by atoms with Crippen LogP contribution in [0.25, 0.3) is 0 Å². The molecule has 1 fully saturated rings. The summed E-state index contributed by atoms with van der Waals surface area (Å²) in [7, 11) is 0. The summed E-state index contributed by atoms with van der Waals surface area (Å²) in [5.41, 5.74) is 0. The van der Waals surface area contributed by atoms with Gasteiger partial charge in [-0.15, -0.1) is 11.6 Å². The molecule has 0 N–H and O–H groups in total. The van der Waals surface area contributed by atoms with Crippen LogP contribution >= 0.6 is 11.6 Å². The number of benzene rings is 1. The maximum Gasteiger partial charge on any atom is 0.119 e. The second-order valence-corrected chi connectivity index (χ2v) is 4.77. The Kier molecular flexibility index (Phi) is 5.78. The quantitative estimate of drug-likeness (QED) is 0.585. The molecule has 1 unspecified atom stereocenters. The molecule has 0 saturated carbocycles. The van der Waals surface area contributed by atoms with Crippen molar-refractivity contribution in [3.8, 4) is 5.75 Å². The smallest absolute Gasteiger partial charge is 0.119 e. The fraction of sp³-hybridized carbons (Fsp3) is 0.571. The highest BCUT2D eigenvalue weighted by Gasteiger charge is 2.18. The zero-order chi connectivity index (χ0) is 12.6. The third-order valence-corrected chi connectivity index (χ3v) is 3.37. The molecule has 0 amide bonds. The number of para-hydroxylation sites is 1. The lowest BCUT2D eigenvalue weighted by molar-refractivity contribution is -0.0175. The van der Waals surface area contributed by atoms with Crippen molar-refractivity contribution in [2.24, 2.45) is 0 Å². The minimum Gasteiger partial charge on any atom is -0.494 e. The number of morpholine rings is 1. The van der Waals surface area contributed by atoms with E-state index in [1.165, 1.54) is 0 Å². The van der Waals surface area contributed by atoms with Crippen LogP contribution in [0.4, 0.5) is 0 Å². The minimum atomic E-state index is 0.190. The van der Waals surface area contributed by atoms with Gasteiger partial charge in [0.25, 0.3) is 0 Å². The van der Waals surface area contributed by atoms with Crippen molar-refractivity contribution in [3.63, 3.8) is 0 Å². The van der Waals surface area contributed by atoms with Crippen LogP contribution in [0.2, 0.25) is 0 Å². The second-order valence-electron chi connectivity index (χ2n) is 4.46. The van der Waals surface area contributed by atoms with Crippen LogP contribution in [0, 0.1) is 0 Å². The van der Waals surface area contributed by atoms with Crippen molar-refractivity contribution in [1.82, 2.24) is 4.90 Å². The van der Waals surface area contributed by atoms with Crippen LogP contribution in [-0.4, -0.2) is 49.7 Å². The van der Waals surface area contributed by atoms with E-state index in [9.17, 15) is 0 Å². The number of nitrogens with zero attached hydrogens (tertiary/aromatic N) is 1. The Bertz CT molecular complexity index is 334. The summed E-state index contributed by atoms with van der Waals surface area (Å²) < 4.78 is 11.2. The molecule has 1 aromatic carbocycles. The van der Waals surface area contributed by atoms with E-state index < -0.39 is 0 Å². The highest BCUT2D eigenvalue weighted by atomic mass is 35.5. The van der Waals surface area contributed by atoms with Gasteiger partial charge in [-0.3, -0.25) is 4.90 Å². The maximum atomic E-state index is 5.81. The summed E-state index contributed by atoms with van der Waals surface area (Å²) in [6, 6.07) is 9.94. The molecule has 0 radical (unpaired) electrons. The molecule has 1 atom stereocenters. The predicted molar refractivity (Wildman–Crippen MR) is 73.5 cm³/mol. The van der Waals surface area contributed by atoms with E-state index in [1.807, 2.05) is 30.3 Å². The lowest BCUT2D eigenvalue weighted by Gasteiger charge is -2.31. The van der Waals surface area contributed by atoms with Crippen molar-refractivity contribution in [2.45, 2.75) is 12.5 Å². The highest BCUT2D eigenvalue weighted by Crippen LogP contribution is 2.10. The summed E-state index contributed by atoms with van der Waals surface area (Å²) in [5.74, 6) is 1.52. The molecule has 0 spiro atoms. The molecule has 1 aliphatic rings. The maximum absolute atomic E-state index is 5.81. The van der Waals surface area contributed by atoms with E-state index in [0.29, 0.717) is 5.88 Å². The normalized spacial score (nSPS) is 20.8. The van der Waals surface area contributed by atoms with Gasteiger partial charge >= 0.3 is 0 Å². The number of hydrogen-bond donors (Lipinski definition) is 0. The highest BCUT2D eigenvalue weighted by molar-refractivity contribution is 6.18. The lowest BCUT2D eigenvalue weighted by Crippen LogP contribution is -2.43. The van der Waals surface area contributed by atoms with Crippen molar-refractivity contribution in [3.05, 3.63) is 30.3 Å². The SMILES string of the molecule is ClCC1CN(CCCOc2ccccc2)CCO1. The molecule has 1 saturated heterocycles. The first-order valence-electron chi connectivity index (χ1n) is 6.46. The van der Waals surface area contributed by atoms with Crippen molar-refractivity contribution in [2.75, 3.05) is 38.7 Å². The molecule has 4 heteroatoms. The Labute approximate surface area is 114 Å². The molecule has 100 valence electrons. The number of alkyl halides is 1. The van der Waals surface area contributed by atoms with Crippen LogP contribution in [0.5, 0.6) is 5.75 Å². The molecule has 1 aromatic rings. The largest absolute Gasteiger partial charge is 0.494 e. The van der Waals surface area contributed by atoms with Gasteiger partial charge in [0.1, 0.15) is 5.75 Å². The van der Waals surface area contributed by atoms with Gasteiger partial charge in [-0.05, 0) is 18.6 Å². The number of ether oxygens (including phenoxy) is 2. The first kappa shape index (κ1) is 13.7. The predicted octanol–water partition coefficient (Wildman–Crippen LogP) is 2.40. The summed E-state index contributed by atoms with van der Waals surface area (Å²) >= 11 is 5.81. The Morgan fingerprint density at radius 3 is 2.94 bits per heavy atom. The Balaban J connectivity index is 1.60. The fourth-order valence-corrected chi connectivity index (χ4v) is 2.26. The van der Waals surface area contributed by atoms with Crippen LogP contribution < -0.4 is 4.74 Å². The van der Waals surface area contributed by atoms with Gasteiger partial charge in [0.15, 0.2) is 0 Å². The first-order chi connectivity index (χ1) is 8.88. The van der Waals surface area contributed by atoms with Crippen LogP contribution in [0.1, 0.15) is 6.42 Å². The van der Waals surface area contributed by atoms with Crippen LogP contribution in [0.3, 0.4) is 0 Å². The molecular formula is C14H20ClNO2. The van der Waals surface area contributed by atoms with E-state index >= 15 is 0 Å². The van der Waals surface area contributed by atoms with Crippen molar-refractivity contribution in [1.29, 1.82) is 0 Å². The topological polar surface area (TPSA) is 21.7 Å². The minimum absolute atomic E-state index is 0.190. The lowest BCUT2D eigenvalue weighted by atomic mass is 10.3. The molecule has 3 nitrogen and oxygen atoms in total. The molecular weight excluding hydrogens is 250 g/mol. The number of rotatable bonds is 6. The van der Waals surface area contributed by atoms with Gasteiger partial charge in [-0.25, -0.2) is 0 Å². The second kappa shape index (κ2) is 7.62.